The van der Waals surface area contributed by atoms with Crippen molar-refractivity contribution in [3.8, 4) is 0 Å². The number of amides is 2. The number of methoxy groups -OCH3 is 1. The topological polar surface area (TPSA) is 92.3 Å². The maximum Gasteiger partial charge on any atom is 0.320 e. The number of hydrogen-bond donors (Lipinski definition) is 3. The molecule has 0 bridgehead atoms. The second-order valence-corrected chi connectivity index (χ2v) is 5.07. The van der Waals surface area contributed by atoms with Crippen LogP contribution in [-0.4, -0.2) is 24.1 Å². The fourth-order valence-electron chi connectivity index (χ4n) is 2.32. The van der Waals surface area contributed by atoms with Crippen LogP contribution in [0, 0.1) is 0 Å². The molecular formula is C16H16N4O3. The number of carbonyl (C=O) groups excluding carboxylic acids is 2. The SMILES string of the molecule is COC(=O)Cc1ccc(Nc2ccnc3c2CNC(=O)N3)cc1. The molecule has 1 aromatic heterocycles. The van der Waals surface area contributed by atoms with Crippen LogP contribution in [0.2, 0.25) is 0 Å². The van der Waals surface area contributed by atoms with E-state index in [0.717, 1.165) is 22.5 Å². The Morgan fingerprint density at radius 3 is 2.83 bits per heavy atom. The number of rotatable bonds is 4. The summed E-state index contributed by atoms with van der Waals surface area (Å²) in [5, 5.41) is 8.68. The van der Waals surface area contributed by atoms with Gasteiger partial charge in [-0.3, -0.25) is 10.1 Å². The van der Waals surface area contributed by atoms with Crippen molar-refractivity contribution >= 4 is 29.2 Å². The first-order valence-corrected chi connectivity index (χ1v) is 7.11. The van der Waals surface area contributed by atoms with Gasteiger partial charge in [-0.15, -0.1) is 0 Å². The number of esters is 1. The summed E-state index contributed by atoms with van der Waals surface area (Å²) >= 11 is 0. The molecule has 7 heteroatoms. The number of ether oxygens (including phenoxy) is 1. The molecule has 0 saturated heterocycles. The number of hydrogen-bond acceptors (Lipinski definition) is 5. The first-order chi connectivity index (χ1) is 11.2. The minimum Gasteiger partial charge on any atom is -0.469 e. The lowest BCUT2D eigenvalue weighted by Crippen LogP contribution is -2.34. The highest BCUT2D eigenvalue weighted by Crippen LogP contribution is 2.27. The molecule has 1 aliphatic rings. The van der Waals surface area contributed by atoms with E-state index < -0.39 is 0 Å². The maximum absolute atomic E-state index is 11.3. The number of benzene rings is 1. The molecule has 2 heterocycles. The normalized spacial score (nSPS) is 12.7. The number of carbonyl (C=O) groups is 2. The van der Waals surface area contributed by atoms with Crippen LogP contribution in [0.4, 0.5) is 22.0 Å². The maximum atomic E-state index is 11.3. The zero-order valence-corrected chi connectivity index (χ0v) is 12.6. The summed E-state index contributed by atoms with van der Waals surface area (Å²) in [5.74, 6) is 0.289. The van der Waals surface area contributed by atoms with Gasteiger partial charge >= 0.3 is 12.0 Å². The van der Waals surface area contributed by atoms with Gasteiger partial charge in [0.05, 0.1) is 20.1 Å². The van der Waals surface area contributed by atoms with Gasteiger partial charge in [-0.2, -0.15) is 0 Å². The Bertz CT molecular complexity index is 743. The molecule has 0 radical (unpaired) electrons. The zero-order valence-electron chi connectivity index (χ0n) is 12.6. The summed E-state index contributed by atoms with van der Waals surface area (Å²) in [6.07, 6.45) is 1.88. The second kappa shape index (κ2) is 6.35. The molecule has 1 aliphatic heterocycles. The predicted octanol–water partition coefficient (Wildman–Crippen LogP) is 2.18. The van der Waals surface area contributed by atoms with Crippen LogP contribution in [0.15, 0.2) is 36.5 Å². The average Bonchev–Trinajstić information content (AvgIpc) is 2.56. The molecule has 0 atom stereocenters. The quantitative estimate of drug-likeness (QED) is 0.753. The number of aromatic nitrogens is 1. The summed E-state index contributed by atoms with van der Waals surface area (Å²) in [6.45, 7) is 0.414. The van der Waals surface area contributed by atoms with Crippen molar-refractivity contribution in [1.82, 2.24) is 10.3 Å². The summed E-state index contributed by atoms with van der Waals surface area (Å²) in [6, 6.07) is 9.11. The number of nitrogens with zero attached hydrogens (tertiary/aromatic N) is 1. The minimum absolute atomic E-state index is 0.247. The van der Waals surface area contributed by atoms with Crippen molar-refractivity contribution in [2.75, 3.05) is 17.7 Å². The highest BCUT2D eigenvalue weighted by molar-refractivity contribution is 5.92. The first kappa shape index (κ1) is 14.8. The van der Waals surface area contributed by atoms with Gasteiger partial charge in [-0.25, -0.2) is 9.78 Å². The third-order valence-corrected chi connectivity index (χ3v) is 3.52. The minimum atomic E-state index is -0.268. The molecule has 23 heavy (non-hydrogen) atoms. The molecule has 0 spiro atoms. The van der Waals surface area contributed by atoms with E-state index >= 15 is 0 Å². The van der Waals surface area contributed by atoms with Crippen LogP contribution in [0.25, 0.3) is 0 Å². The van der Waals surface area contributed by atoms with E-state index in [0.29, 0.717) is 12.4 Å². The van der Waals surface area contributed by atoms with Gasteiger partial charge in [0.2, 0.25) is 0 Å². The molecule has 2 amide bonds. The Labute approximate surface area is 133 Å². The van der Waals surface area contributed by atoms with Crippen molar-refractivity contribution in [2.24, 2.45) is 0 Å². The number of pyridine rings is 1. The fourth-order valence-corrected chi connectivity index (χ4v) is 2.32. The van der Waals surface area contributed by atoms with Crippen LogP contribution >= 0.6 is 0 Å². The Morgan fingerprint density at radius 2 is 2.09 bits per heavy atom. The Hall–Kier alpha value is -3.09. The number of urea groups is 1. The van der Waals surface area contributed by atoms with Crippen molar-refractivity contribution in [3.05, 3.63) is 47.7 Å². The number of nitrogens with one attached hydrogen (secondary N) is 3. The van der Waals surface area contributed by atoms with E-state index in [9.17, 15) is 9.59 Å². The Kier molecular flexibility index (Phi) is 4.09. The third-order valence-electron chi connectivity index (χ3n) is 3.52. The summed E-state index contributed by atoms with van der Waals surface area (Å²) in [7, 11) is 1.37. The van der Waals surface area contributed by atoms with E-state index in [1.54, 1.807) is 6.20 Å². The van der Waals surface area contributed by atoms with E-state index in [4.69, 9.17) is 0 Å². The van der Waals surface area contributed by atoms with E-state index in [2.05, 4.69) is 25.7 Å². The molecule has 1 aromatic carbocycles. The lowest BCUT2D eigenvalue weighted by atomic mass is 10.1. The van der Waals surface area contributed by atoms with E-state index in [1.165, 1.54) is 7.11 Å². The first-order valence-electron chi connectivity index (χ1n) is 7.11. The van der Waals surface area contributed by atoms with Crippen molar-refractivity contribution < 1.29 is 14.3 Å². The third kappa shape index (κ3) is 3.39. The fraction of sp³-hybridized carbons (Fsp3) is 0.188. The van der Waals surface area contributed by atoms with Gasteiger partial charge in [0.1, 0.15) is 5.82 Å². The number of fused-ring (bicyclic) bond motifs is 1. The molecule has 0 fully saturated rings. The molecule has 0 saturated carbocycles. The lowest BCUT2D eigenvalue weighted by molar-refractivity contribution is -0.139. The van der Waals surface area contributed by atoms with Crippen molar-refractivity contribution in [3.63, 3.8) is 0 Å². The van der Waals surface area contributed by atoms with E-state index in [1.807, 2.05) is 30.3 Å². The second-order valence-electron chi connectivity index (χ2n) is 5.07. The summed E-state index contributed by atoms with van der Waals surface area (Å²) in [4.78, 5) is 26.7. The van der Waals surface area contributed by atoms with Gasteiger partial charge in [0.15, 0.2) is 0 Å². The molecule has 118 valence electrons. The molecule has 3 N–H and O–H groups in total. The monoisotopic (exact) mass is 312 g/mol. The van der Waals surface area contributed by atoms with Gasteiger partial charge in [-0.05, 0) is 23.8 Å². The molecule has 7 nitrogen and oxygen atoms in total. The number of anilines is 3. The lowest BCUT2D eigenvalue weighted by Gasteiger charge is -2.20. The van der Waals surface area contributed by atoms with Crippen molar-refractivity contribution in [1.29, 1.82) is 0 Å². The molecule has 0 aliphatic carbocycles. The smallest absolute Gasteiger partial charge is 0.320 e. The van der Waals surface area contributed by atoms with Gasteiger partial charge in [-0.1, -0.05) is 12.1 Å². The molecule has 0 unspecified atom stereocenters. The molecule has 3 rings (SSSR count). The standard InChI is InChI=1S/C16H16N4O3/c1-23-14(21)8-10-2-4-11(5-3-10)19-13-6-7-17-15-12(13)9-18-16(22)20-15/h2-7H,8-9H2,1H3,(H3,17,18,19,20,22). The predicted molar refractivity (Wildman–Crippen MR) is 85.5 cm³/mol. The summed E-state index contributed by atoms with van der Waals surface area (Å²) in [5.41, 5.74) is 3.52. The van der Waals surface area contributed by atoms with Crippen LogP contribution in [-0.2, 0) is 22.5 Å². The van der Waals surface area contributed by atoms with Crippen LogP contribution in [0.5, 0.6) is 0 Å². The zero-order chi connectivity index (χ0) is 16.2. The van der Waals surface area contributed by atoms with Crippen LogP contribution < -0.4 is 16.0 Å². The largest absolute Gasteiger partial charge is 0.469 e. The average molecular weight is 312 g/mol. The van der Waals surface area contributed by atoms with Crippen LogP contribution in [0.3, 0.4) is 0 Å². The van der Waals surface area contributed by atoms with E-state index in [-0.39, 0.29) is 18.4 Å². The Morgan fingerprint density at radius 1 is 1.30 bits per heavy atom. The molecular weight excluding hydrogens is 296 g/mol. The van der Waals surface area contributed by atoms with Crippen molar-refractivity contribution in [2.45, 2.75) is 13.0 Å². The van der Waals surface area contributed by atoms with Gasteiger partial charge in [0.25, 0.3) is 0 Å². The summed E-state index contributed by atoms with van der Waals surface area (Å²) < 4.78 is 4.65. The van der Waals surface area contributed by atoms with Gasteiger partial charge < -0.3 is 15.4 Å². The highest BCUT2D eigenvalue weighted by atomic mass is 16.5. The Balaban J connectivity index is 1.76. The highest BCUT2D eigenvalue weighted by Gasteiger charge is 2.18. The van der Waals surface area contributed by atoms with Crippen LogP contribution in [0.1, 0.15) is 11.1 Å². The van der Waals surface area contributed by atoms with Gasteiger partial charge in [0, 0.05) is 23.1 Å². The molecule has 2 aromatic rings.